The average Bonchev–Trinajstić information content (AvgIpc) is 3.49. The molecule has 1 aliphatic rings. The highest BCUT2D eigenvalue weighted by Gasteiger charge is 2.46. The van der Waals surface area contributed by atoms with Gasteiger partial charge in [0.15, 0.2) is 0 Å². The summed E-state index contributed by atoms with van der Waals surface area (Å²) in [4.78, 5) is 169. The van der Waals surface area contributed by atoms with Crippen molar-refractivity contribution < 1.29 is 63.0 Å². The topological polar surface area (TPSA) is 299 Å². The Morgan fingerprint density at radius 2 is 0.788 bits per heavy atom. The molecule has 24 heteroatoms. The molecule has 1 heterocycles. The molecule has 0 aromatic rings. The van der Waals surface area contributed by atoms with Crippen LogP contribution in [-0.2, 0) is 52.7 Å². The van der Waals surface area contributed by atoms with Crippen molar-refractivity contribution in [3.8, 4) is 0 Å². The van der Waals surface area contributed by atoms with Crippen LogP contribution in [0.15, 0.2) is 0 Å². The summed E-state index contributed by atoms with van der Waals surface area (Å²) >= 11 is 0. The van der Waals surface area contributed by atoms with E-state index in [9.17, 15) is 53.4 Å². The first-order valence-corrected chi connectivity index (χ1v) is 30.5. The fourth-order valence-corrected chi connectivity index (χ4v) is 10.8. The predicted molar refractivity (Wildman–Crippen MR) is 325 cm³/mol. The second-order valence-corrected chi connectivity index (χ2v) is 26.2. The summed E-state index contributed by atoms with van der Waals surface area (Å²) < 4.78 is 0. The second kappa shape index (κ2) is 34.4. The summed E-state index contributed by atoms with van der Waals surface area (Å²) in [5.74, 6) is -10.2. The van der Waals surface area contributed by atoms with Crippen molar-refractivity contribution in [1.29, 1.82) is 0 Å². The monoisotopic (exact) mass is 1210 g/mol. The number of rotatable bonds is 15. The molecule has 0 aliphatic carbocycles. The minimum atomic E-state index is -1.69. The number of aliphatic hydroxyl groups excluding tert-OH is 2. The number of nitrogens with one attached hydrogen (secondary N) is 4. The van der Waals surface area contributed by atoms with Gasteiger partial charge in [0.1, 0.15) is 66.5 Å². The van der Waals surface area contributed by atoms with Crippen molar-refractivity contribution >= 4 is 65.0 Å². The maximum absolute atomic E-state index is 15.1. The molecule has 24 nitrogen and oxygen atoms in total. The van der Waals surface area contributed by atoms with Crippen molar-refractivity contribution in [2.24, 2.45) is 41.4 Å². The van der Waals surface area contributed by atoms with Gasteiger partial charge in [-0.1, -0.05) is 96.9 Å². The molecular weight excluding hydrogens is 1090 g/mol. The van der Waals surface area contributed by atoms with Crippen LogP contribution in [0.25, 0.3) is 0 Å². The van der Waals surface area contributed by atoms with Crippen molar-refractivity contribution in [1.82, 2.24) is 55.6 Å². The van der Waals surface area contributed by atoms with E-state index in [0.29, 0.717) is 0 Å². The number of amides is 11. The van der Waals surface area contributed by atoms with Crippen LogP contribution in [0.3, 0.4) is 0 Å². The van der Waals surface area contributed by atoms with E-state index in [2.05, 4.69) is 21.3 Å². The van der Waals surface area contributed by atoms with Gasteiger partial charge in [-0.05, 0) is 101 Å². The van der Waals surface area contributed by atoms with Crippen LogP contribution < -0.4 is 21.3 Å². The van der Waals surface area contributed by atoms with Crippen LogP contribution in [0.2, 0.25) is 0 Å². The second-order valence-electron chi connectivity index (χ2n) is 26.2. The highest BCUT2D eigenvalue weighted by Crippen LogP contribution is 2.26. The molecule has 0 bridgehead atoms. The van der Waals surface area contributed by atoms with Gasteiger partial charge in [-0.3, -0.25) is 52.7 Å². The Hall–Kier alpha value is -5.91. The van der Waals surface area contributed by atoms with Gasteiger partial charge in [0.25, 0.3) is 0 Å². The number of hydrogen-bond acceptors (Lipinski definition) is 13. The van der Waals surface area contributed by atoms with Crippen molar-refractivity contribution in [2.45, 2.75) is 229 Å². The summed E-state index contributed by atoms with van der Waals surface area (Å²) in [5, 5.41) is 32.8. The molecule has 0 aromatic carbocycles. The van der Waals surface area contributed by atoms with Crippen LogP contribution in [-0.4, -0.2) is 238 Å². The van der Waals surface area contributed by atoms with E-state index in [1.165, 1.54) is 94.6 Å². The lowest BCUT2D eigenvalue weighted by molar-refractivity contribution is -0.157. The molecule has 1 saturated heterocycles. The molecule has 1 rings (SSSR count). The molecule has 13 atom stereocenters. The number of hydrogen-bond donors (Lipinski definition) is 6. The van der Waals surface area contributed by atoms with Crippen molar-refractivity contribution in [3.63, 3.8) is 0 Å². The molecule has 1 fully saturated rings. The lowest BCUT2D eigenvalue weighted by Gasteiger charge is -2.41. The zero-order chi connectivity index (χ0) is 66.1. The van der Waals surface area contributed by atoms with Crippen LogP contribution in [0, 0.1) is 41.4 Å². The van der Waals surface area contributed by atoms with E-state index in [4.69, 9.17) is 0 Å². The fourth-order valence-electron chi connectivity index (χ4n) is 10.8. The number of aliphatic hydroxyl groups is 2. The van der Waals surface area contributed by atoms with E-state index in [1.54, 1.807) is 41.5 Å². The Balaban J connectivity index is 4.35. The van der Waals surface area contributed by atoms with Crippen LogP contribution in [0.4, 0.5) is 0 Å². The number of likely N-dealkylation sites (N-methyl/N-ethyl adjacent to an activating group) is 7. The van der Waals surface area contributed by atoms with E-state index in [0.717, 1.165) is 9.80 Å². The predicted octanol–water partition coefficient (Wildman–Crippen LogP) is 2.07. The SMILES string of the molecule is CC[C@H]1NC(=O)[C@@H]([C@H](O)[C@H](C)CCO)N(C)C(=O)[C@@H](C(C)C)N(C)C(=O)[C@@H](CC(C)C)N(C)C(=O)[C@@H](CC(C)C)N(C)C(=O)[C@H](C)NC(=O)[C@@H](C)NC(=O)[C@@H](CC(C)C)N(C)C(=O)[C@@H](C(C)C)NC(=O)[C@H](CC(C)C)N(C)C(=O)[C@@H](C)N(C)C1=O. The Bertz CT molecular complexity index is 2300. The van der Waals surface area contributed by atoms with E-state index in [1.807, 2.05) is 55.4 Å². The quantitative estimate of drug-likeness (QED) is 0.137. The van der Waals surface area contributed by atoms with Crippen molar-refractivity contribution in [2.75, 3.05) is 55.9 Å². The maximum Gasteiger partial charge on any atom is 0.246 e. The highest BCUT2D eigenvalue weighted by atomic mass is 16.3. The highest BCUT2D eigenvalue weighted by molar-refractivity contribution is 6.00. The first-order chi connectivity index (χ1) is 39.1. The van der Waals surface area contributed by atoms with Crippen LogP contribution in [0.1, 0.15) is 156 Å². The standard InChI is InChI=1S/C61H111N11O13/c1-25-42-57(81)66(18)41(17)56(80)67(19)44(29-33(4)5)53(77)65-47(36(10)11)60(84)68(20)43(28-32(2)3)52(76)62-39(15)51(75)63-40(16)55(79)69(21)45(30-34(6)7)58(82)70(22)46(31-35(8)9)59(83)71(23)48(37(12)13)61(85)72(24)49(54(78)64-42)50(74)38(14)26-27-73/h32-50,73-74H,25-31H2,1-24H3,(H,62,76)(H,63,75)(H,64,78)(H,65,77)/t38-,39-,40+,41-,42-,43-,44+,45-,46-,47-,48-,49-,50-/m1/s1. The molecule has 488 valence electrons. The number of nitrogens with zero attached hydrogens (tertiary/aromatic N) is 7. The summed E-state index contributed by atoms with van der Waals surface area (Å²) in [6.07, 6.45) is -1.05. The lowest BCUT2D eigenvalue weighted by atomic mass is 9.91. The molecule has 1 aliphatic heterocycles. The largest absolute Gasteiger partial charge is 0.396 e. The van der Waals surface area contributed by atoms with Gasteiger partial charge >= 0.3 is 0 Å². The Labute approximate surface area is 508 Å². The van der Waals surface area contributed by atoms with Gasteiger partial charge in [-0.2, -0.15) is 0 Å². The lowest BCUT2D eigenvalue weighted by Crippen LogP contribution is -2.64. The maximum atomic E-state index is 15.1. The Kier molecular flexibility index (Phi) is 31.2. The third kappa shape index (κ3) is 20.9. The first kappa shape index (κ1) is 77.1. The first-order valence-electron chi connectivity index (χ1n) is 30.5. The van der Waals surface area contributed by atoms with Gasteiger partial charge in [0, 0.05) is 55.9 Å². The minimum Gasteiger partial charge on any atom is -0.396 e. The molecule has 6 N–H and O–H groups in total. The van der Waals surface area contributed by atoms with E-state index in [-0.39, 0.29) is 68.8 Å². The summed E-state index contributed by atoms with van der Waals surface area (Å²) in [7, 11) is 9.79. The molecular formula is C61H111N11O13. The number of carbonyl (C=O) groups excluding carboxylic acids is 11. The zero-order valence-electron chi connectivity index (χ0n) is 55.9. The van der Waals surface area contributed by atoms with Gasteiger partial charge in [0.2, 0.25) is 65.0 Å². The molecule has 0 unspecified atom stereocenters. The molecule has 0 aromatic heterocycles. The van der Waals surface area contributed by atoms with Crippen LogP contribution in [0.5, 0.6) is 0 Å². The third-order valence-corrected chi connectivity index (χ3v) is 16.4. The minimum absolute atomic E-state index is 0.0140. The van der Waals surface area contributed by atoms with Gasteiger partial charge < -0.3 is 65.8 Å². The molecule has 0 radical (unpaired) electrons. The normalized spacial score (nSPS) is 27.7. The molecule has 0 spiro atoms. The molecule has 85 heavy (non-hydrogen) atoms. The Morgan fingerprint density at radius 3 is 1.21 bits per heavy atom. The summed E-state index contributed by atoms with van der Waals surface area (Å²) in [6.45, 7) is 28.8. The van der Waals surface area contributed by atoms with E-state index >= 15 is 9.59 Å². The smallest absolute Gasteiger partial charge is 0.246 e. The fraction of sp³-hybridized carbons (Fsp3) is 0.820. The van der Waals surface area contributed by atoms with Crippen molar-refractivity contribution in [3.05, 3.63) is 0 Å². The summed E-state index contributed by atoms with van der Waals surface area (Å²) in [6, 6.07) is -13.8. The molecule has 11 amide bonds. The third-order valence-electron chi connectivity index (χ3n) is 16.4. The Morgan fingerprint density at radius 1 is 0.400 bits per heavy atom. The average molecular weight is 1210 g/mol. The van der Waals surface area contributed by atoms with Gasteiger partial charge in [-0.25, -0.2) is 0 Å². The summed E-state index contributed by atoms with van der Waals surface area (Å²) in [5.41, 5.74) is 0. The van der Waals surface area contributed by atoms with Gasteiger partial charge in [0.05, 0.1) is 6.10 Å². The van der Waals surface area contributed by atoms with Crippen LogP contribution >= 0.6 is 0 Å². The molecule has 0 saturated carbocycles. The zero-order valence-corrected chi connectivity index (χ0v) is 55.9. The van der Waals surface area contributed by atoms with E-state index < -0.39 is 155 Å². The van der Waals surface area contributed by atoms with Gasteiger partial charge in [-0.15, -0.1) is 0 Å². The number of carbonyl (C=O) groups is 11.